The van der Waals surface area contributed by atoms with Crippen molar-refractivity contribution in [2.45, 2.75) is 25.8 Å². The number of hydrogen-bond donors (Lipinski definition) is 2. The minimum Gasteiger partial charge on any atom is -0.341 e. The number of benzene rings is 3. The molecule has 0 atom stereocenters. The molecule has 0 unspecified atom stereocenters. The molecule has 2 fully saturated rings. The van der Waals surface area contributed by atoms with Gasteiger partial charge in [-0.2, -0.15) is 0 Å². The average Bonchev–Trinajstić information content (AvgIpc) is 3.30. The summed E-state index contributed by atoms with van der Waals surface area (Å²) in [6, 6.07) is 19.8. The maximum atomic E-state index is 11.5. The average molecular weight is 504 g/mol. The van der Waals surface area contributed by atoms with Crippen LogP contribution >= 0.6 is 12.4 Å². The fourth-order valence-electron chi connectivity index (χ4n) is 5.92. The Hall–Kier alpha value is -3.26. The van der Waals surface area contributed by atoms with Crippen LogP contribution < -0.4 is 10.4 Å². The van der Waals surface area contributed by atoms with Crippen molar-refractivity contribution in [2.24, 2.45) is 5.41 Å². The van der Waals surface area contributed by atoms with E-state index in [9.17, 15) is 4.79 Å². The molecule has 2 aliphatic heterocycles. The summed E-state index contributed by atoms with van der Waals surface area (Å²) in [6.07, 6.45) is 6.37. The molecule has 0 bridgehead atoms. The minimum atomic E-state index is -0.598. The number of carbonyl (C=O) groups excluding carboxylic acids is 1. The van der Waals surface area contributed by atoms with E-state index in [1.807, 2.05) is 0 Å². The van der Waals surface area contributed by atoms with Crippen molar-refractivity contribution in [1.82, 2.24) is 20.3 Å². The lowest BCUT2D eigenvalue weighted by Crippen LogP contribution is -2.42. The van der Waals surface area contributed by atoms with Crippen LogP contribution in [-0.2, 0) is 6.54 Å². The Morgan fingerprint density at radius 2 is 1.50 bits per heavy atom. The molecule has 3 heterocycles. The SMILES string of the molecule is Cl.O=C(NO)c1cnc(N2CCC3(CCN(Cc4c5ccccc5cc5ccccc45)C3)CC2)nc1. The summed E-state index contributed by atoms with van der Waals surface area (Å²) in [7, 11) is 0. The van der Waals surface area contributed by atoms with E-state index in [1.165, 1.54) is 45.9 Å². The van der Waals surface area contributed by atoms with Crippen molar-refractivity contribution in [3.05, 3.63) is 78.1 Å². The zero-order valence-electron chi connectivity index (χ0n) is 20.1. The zero-order chi connectivity index (χ0) is 23.8. The van der Waals surface area contributed by atoms with Gasteiger partial charge >= 0.3 is 0 Å². The summed E-state index contributed by atoms with van der Waals surface area (Å²) in [5.41, 5.74) is 3.64. The van der Waals surface area contributed by atoms with E-state index in [4.69, 9.17) is 5.21 Å². The normalized spacial score (nSPS) is 17.4. The lowest BCUT2D eigenvalue weighted by Gasteiger charge is -2.39. The number of nitrogens with zero attached hydrogens (tertiary/aromatic N) is 4. The number of amides is 1. The van der Waals surface area contributed by atoms with Gasteiger partial charge in [0, 0.05) is 38.6 Å². The van der Waals surface area contributed by atoms with Gasteiger partial charge in [-0.05, 0) is 64.4 Å². The topological polar surface area (TPSA) is 81.6 Å². The second-order valence-corrected chi connectivity index (χ2v) is 9.96. The van der Waals surface area contributed by atoms with Gasteiger partial charge < -0.3 is 4.90 Å². The molecule has 186 valence electrons. The fraction of sp³-hybridized carbons (Fsp3) is 0.321. The summed E-state index contributed by atoms with van der Waals surface area (Å²) in [5, 5.41) is 14.1. The van der Waals surface area contributed by atoms with Gasteiger partial charge in [0.25, 0.3) is 5.91 Å². The third-order valence-corrected chi connectivity index (χ3v) is 7.89. The number of fused-ring (bicyclic) bond motifs is 2. The van der Waals surface area contributed by atoms with E-state index in [0.717, 1.165) is 45.6 Å². The van der Waals surface area contributed by atoms with E-state index < -0.39 is 5.91 Å². The summed E-state index contributed by atoms with van der Waals surface area (Å²) in [5.74, 6) is 0.0468. The Morgan fingerprint density at radius 3 is 2.11 bits per heavy atom. The Bertz CT molecular complexity index is 1330. The van der Waals surface area contributed by atoms with Gasteiger partial charge in [0.05, 0.1) is 5.56 Å². The van der Waals surface area contributed by atoms with Gasteiger partial charge in [0.1, 0.15) is 0 Å². The predicted molar refractivity (Wildman–Crippen MR) is 144 cm³/mol. The fourth-order valence-corrected chi connectivity index (χ4v) is 5.92. The maximum absolute atomic E-state index is 11.5. The largest absolute Gasteiger partial charge is 0.341 e. The van der Waals surface area contributed by atoms with Gasteiger partial charge in [-0.1, -0.05) is 48.5 Å². The molecular weight excluding hydrogens is 474 g/mol. The second-order valence-electron chi connectivity index (χ2n) is 9.96. The van der Waals surface area contributed by atoms with E-state index >= 15 is 0 Å². The van der Waals surface area contributed by atoms with Gasteiger partial charge in [-0.15, -0.1) is 12.4 Å². The van der Waals surface area contributed by atoms with Crippen molar-refractivity contribution in [2.75, 3.05) is 31.1 Å². The van der Waals surface area contributed by atoms with Crippen LogP contribution in [0.1, 0.15) is 35.2 Å². The number of nitrogens with one attached hydrogen (secondary N) is 1. The molecule has 4 aromatic rings. The number of piperidine rings is 1. The number of halogens is 1. The summed E-state index contributed by atoms with van der Waals surface area (Å²) in [4.78, 5) is 25.1. The Balaban J connectivity index is 0.00000267. The standard InChI is InChI=1S/C28H29N5O2.ClH/c34-26(31-35)22-16-29-27(30-17-22)33-13-10-28(11-14-33)9-12-32(19-28)18-25-23-7-3-1-5-20(23)15-21-6-2-4-8-24(21)25;/h1-8,15-17,35H,9-14,18-19H2,(H,31,34);1H. The molecule has 2 N–H and O–H groups in total. The molecule has 3 aromatic carbocycles. The smallest absolute Gasteiger partial charge is 0.277 e. The van der Waals surface area contributed by atoms with Crippen LogP contribution in [0.3, 0.4) is 0 Å². The van der Waals surface area contributed by atoms with Crippen molar-refractivity contribution >= 4 is 45.8 Å². The van der Waals surface area contributed by atoms with Gasteiger partial charge in [0.2, 0.25) is 5.95 Å². The Labute approximate surface area is 216 Å². The Kier molecular flexibility index (Phi) is 6.79. The van der Waals surface area contributed by atoms with E-state index in [2.05, 4.69) is 74.4 Å². The molecule has 7 nitrogen and oxygen atoms in total. The minimum absolute atomic E-state index is 0. The number of hydroxylamine groups is 1. The van der Waals surface area contributed by atoms with Crippen molar-refractivity contribution in [3.63, 3.8) is 0 Å². The van der Waals surface area contributed by atoms with Crippen molar-refractivity contribution < 1.29 is 10.0 Å². The molecular formula is C28H30ClN5O2. The van der Waals surface area contributed by atoms with E-state index in [0.29, 0.717) is 11.4 Å². The monoisotopic (exact) mass is 503 g/mol. The third kappa shape index (κ3) is 4.50. The highest BCUT2D eigenvalue weighted by atomic mass is 35.5. The molecule has 1 spiro atoms. The van der Waals surface area contributed by atoms with E-state index in [-0.39, 0.29) is 18.0 Å². The first-order valence-electron chi connectivity index (χ1n) is 12.3. The van der Waals surface area contributed by atoms with Crippen LogP contribution in [0.2, 0.25) is 0 Å². The maximum Gasteiger partial charge on any atom is 0.277 e. The second kappa shape index (κ2) is 10.0. The summed E-state index contributed by atoms with van der Waals surface area (Å²) in [6.45, 7) is 5.05. The summed E-state index contributed by atoms with van der Waals surface area (Å²) >= 11 is 0. The highest BCUT2D eigenvalue weighted by Crippen LogP contribution is 2.42. The lowest BCUT2D eigenvalue weighted by molar-refractivity contribution is 0.0705. The first kappa shape index (κ1) is 24.4. The number of rotatable bonds is 4. The van der Waals surface area contributed by atoms with E-state index in [1.54, 1.807) is 5.48 Å². The first-order valence-corrected chi connectivity index (χ1v) is 12.3. The molecule has 0 aliphatic carbocycles. The molecule has 2 saturated heterocycles. The van der Waals surface area contributed by atoms with Gasteiger partial charge in [-0.3, -0.25) is 14.9 Å². The van der Waals surface area contributed by atoms with Crippen LogP contribution in [0.25, 0.3) is 21.5 Å². The highest BCUT2D eigenvalue weighted by molar-refractivity contribution is 6.02. The van der Waals surface area contributed by atoms with Crippen LogP contribution in [0.4, 0.5) is 5.95 Å². The molecule has 8 heteroatoms. The quantitative estimate of drug-likeness (QED) is 0.236. The van der Waals surface area contributed by atoms with Crippen LogP contribution in [-0.4, -0.2) is 52.2 Å². The van der Waals surface area contributed by atoms with Gasteiger partial charge in [0.15, 0.2) is 0 Å². The van der Waals surface area contributed by atoms with Crippen LogP contribution in [0, 0.1) is 5.41 Å². The van der Waals surface area contributed by atoms with Gasteiger partial charge in [-0.25, -0.2) is 15.4 Å². The number of carbonyl (C=O) groups is 1. The predicted octanol–water partition coefficient (Wildman–Crippen LogP) is 4.82. The number of aromatic nitrogens is 2. The van der Waals surface area contributed by atoms with Crippen LogP contribution in [0.15, 0.2) is 67.0 Å². The van der Waals surface area contributed by atoms with Crippen LogP contribution in [0.5, 0.6) is 0 Å². The van der Waals surface area contributed by atoms with Crippen molar-refractivity contribution in [1.29, 1.82) is 0 Å². The highest BCUT2D eigenvalue weighted by Gasteiger charge is 2.41. The molecule has 1 amide bonds. The molecule has 2 aliphatic rings. The summed E-state index contributed by atoms with van der Waals surface area (Å²) < 4.78 is 0. The van der Waals surface area contributed by atoms with Crippen molar-refractivity contribution in [3.8, 4) is 0 Å². The number of anilines is 1. The molecule has 0 radical (unpaired) electrons. The first-order chi connectivity index (χ1) is 17.1. The number of likely N-dealkylation sites (tertiary alicyclic amines) is 1. The molecule has 36 heavy (non-hydrogen) atoms. The molecule has 0 saturated carbocycles. The lowest BCUT2D eigenvalue weighted by atomic mass is 9.78. The Morgan fingerprint density at radius 1 is 0.917 bits per heavy atom. The molecule has 6 rings (SSSR count). The zero-order valence-corrected chi connectivity index (χ0v) is 20.9. The number of hydrogen-bond acceptors (Lipinski definition) is 6. The third-order valence-electron chi connectivity index (χ3n) is 7.89. The molecule has 1 aromatic heterocycles.